The zero-order chi connectivity index (χ0) is 15.1. The fourth-order valence-electron chi connectivity index (χ4n) is 2.06. The molecule has 0 bridgehead atoms. The minimum absolute atomic E-state index is 0.0598. The molecule has 2 rings (SSSR count). The number of benzene rings is 2. The van der Waals surface area contributed by atoms with Gasteiger partial charge in [-0.05, 0) is 23.8 Å². The molecule has 2 aromatic rings. The normalized spacial score (nSPS) is 9.90. The highest BCUT2D eigenvalue weighted by molar-refractivity contribution is 9.09. The number of carbonyl (C=O) groups is 1. The third-order valence-corrected chi connectivity index (χ3v) is 3.45. The zero-order valence-corrected chi connectivity index (χ0v) is 13.1. The molecule has 0 radical (unpaired) electrons. The predicted molar refractivity (Wildman–Crippen MR) is 86.1 cm³/mol. The molecule has 0 saturated heterocycles. The third kappa shape index (κ3) is 4.17. The summed E-state index contributed by atoms with van der Waals surface area (Å²) in [6.45, 7) is 1.17. The number of nitrogens with zero attached hydrogens (tertiary/aromatic N) is 2. The van der Waals surface area contributed by atoms with E-state index in [-0.39, 0.29) is 5.91 Å². The van der Waals surface area contributed by atoms with Gasteiger partial charge in [-0.15, -0.1) is 0 Å². The van der Waals surface area contributed by atoms with Crippen LogP contribution < -0.4 is 0 Å². The topological polar surface area (TPSA) is 44.1 Å². The van der Waals surface area contributed by atoms with Crippen LogP contribution in [0.2, 0.25) is 0 Å². The minimum atomic E-state index is -0.0598. The van der Waals surface area contributed by atoms with Crippen molar-refractivity contribution >= 4 is 21.8 Å². The van der Waals surface area contributed by atoms with Gasteiger partial charge in [0.1, 0.15) is 0 Å². The van der Waals surface area contributed by atoms with E-state index >= 15 is 0 Å². The Morgan fingerprint density at radius 3 is 2.57 bits per heavy atom. The van der Waals surface area contributed by atoms with Crippen molar-refractivity contribution in [2.24, 2.45) is 0 Å². The van der Waals surface area contributed by atoms with Crippen LogP contribution >= 0.6 is 15.9 Å². The molecule has 3 nitrogen and oxygen atoms in total. The molecule has 4 heteroatoms. The lowest BCUT2D eigenvalue weighted by Crippen LogP contribution is -2.32. The van der Waals surface area contributed by atoms with Crippen LogP contribution in [-0.4, -0.2) is 22.7 Å². The number of halogens is 1. The van der Waals surface area contributed by atoms with Crippen LogP contribution in [0.25, 0.3) is 0 Å². The third-order valence-electron chi connectivity index (χ3n) is 3.10. The molecule has 106 valence electrons. The van der Waals surface area contributed by atoms with Crippen molar-refractivity contribution in [3.63, 3.8) is 0 Å². The predicted octanol–water partition coefficient (Wildman–Crippen LogP) is 3.60. The molecule has 0 N–H and O–H groups in total. The van der Waals surface area contributed by atoms with Crippen LogP contribution in [0.3, 0.4) is 0 Å². The van der Waals surface area contributed by atoms with Gasteiger partial charge in [-0.3, -0.25) is 4.79 Å². The van der Waals surface area contributed by atoms with Crippen molar-refractivity contribution in [3.8, 4) is 6.07 Å². The summed E-state index contributed by atoms with van der Waals surface area (Å²) in [5.41, 5.74) is 2.13. The van der Waals surface area contributed by atoms with E-state index in [0.29, 0.717) is 29.5 Å². The van der Waals surface area contributed by atoms with Crippen molar-refractivity contribution in [1.29, 1.82) is 5.26 Å². The molecule has 0 aromatic heterocycles. The average molecular weight is 343 g/mol. The summed E-state index contributed by atoms with van der Waals surface area (Å²) in [7, 11) is 0. The molecule has 0 aliphatic rings. The Morgan fingerprint density at radius 2 is 1.90 bits per heavy atom. The molecule has 0 atom stereocenters. The molecule has 0 fully saturated rings. The Bertz CT molecular complexity index is 649. The number of hydrogen-bond acceptors (Lipinski definition) is 2. The highest BCUT2D eigenvalue weighted by atomic mass is 79.9. The number of carbonyl (C=O) groups excluding carboxylic acids is 1. The second kappa shape index (κ2) is 7.61. The quantitative estimate of drug-likeness (QED) is 0.779. The molecular formula is C17H15BrN2O. The van der Waals surface area contributed by atoms with E-state index in [1.807, 2.05) is 30.3 Å². The van der Waals surface area contributed by atoms with Gasteiger partial charge < -0.3 is 4.90 Å². The van der Waals surface area contributed by atoms with Crippen LogP contribution in [0, 0.1) is 11.3 Å². The van der Waals surface area contributed by atoms with E-state index in [1.54, 1.807) is 29.2 Å². The highest BCUT2D eigenvalue weighted by Gasteiger charge is 2.15. The van der Waals surface area contributed by atoms with E-state index in [2.05, 4.69) is 22.0 Å². The Morgan fingerprint density at radius 1 is 1.14 bits per heavy atom. The number of rotatable bonds is 5. The fourth-order valence-corrected chi connectivity index (χ4v) is 2.49. The summed E-state index contributed by atoms with van der Waals surface area (Å²) in [4.78, 5) is 14.4. The molecule has 0 saturated carbocycles. The minimum Gasteiger partial charge on any atom is -0.333 e. The van der Waals surface area contributed by atoms with Crippen molar-refractivity contribution in [3.05, 3.63) is 71.3 Å². The van der Waals surface area contributed by atoms with E-state index in [9.17, 15) is 4.79 Å². The molecule has 0 spiro atoms. The maximum Gasteiger partial charge on any atom is 0.254 e. The number of alkyl halides is 1. The summed E-state index contributed by atoms with van der Waals surface area (Å²) >= 11 is 3.39. The first-order valence-corrected chi connectivity index (χ1v) is 7.76. The van der Waals surface area contributed by atoms with Crippen molar-refractivity contribution in [1.82, 2.24) is 4.90 Å². The second-order valence-electron chi connectivity index (χ2n) is 4.59. The number of hydrogen-bond donors (Lipinski definition) is 0. The fraction of sp³-hybridized carbons (Fsp3) is 0.176. The number of nitriles is 1. The van der Waals surface area contributed by atoms with E-state index in [0.717, 1.165) is 5.56 Å². The molecule has 21 heavy (non-hydrogen) atoms. The lowest BCUT2D eigenvalue weighted by molar-refractivity contribution is 0.0754. The van der Waals surface area contributed by atoms with Gasteiger partial charge in [0.05, 0.1) is 11.6 Å². The van der Waals surface area contributed by atoms with Gasteiger partial charge in [-0.25, -0.2) is 0 Å². The van der Waals surface area contributed by atoms with Crippen molar-refractivity contribution in [2.75, 3.05) is 11.9 Å². The highest BCUT2D eigenvalue weighted by Crippen LogP contribution is 2.12. The van der Waals surface area contributed by atoms with Crippen LogP contribution in [0.4, 0.5) is 0 Å². The average Bonchev–Trinajstić information content (AvgIpc) is 2.55. The summed E-state index contributed by atoms with van der Waals surface area (Å²) in [6, 6.07) is 18.8. The summed E-state index contributed by atoms with van der Waals surface area (Å²) in [5.74, 6) is -0.0598. The molecule has 1 amide bonds. The van der Waals surface area contributed by atoms with Gasteiger partial charge in [0.15, 0.2) is 0 Å². The number of amides is 1. The maximum atomic E-state index is 12.6. The van der Waals surface area contributed by atoms with E-state index in [1.165, 1.54) is 0 Å². The van der Waals surface area contributed by atoms with Crippen molar-refractivity contribution < 1.29 is 4.79 Å². The standard InChI is InChI=1S/C17H15BrN2O/c18-9-10-20(13-14-5-2-1-3-6-14)17(21)16-8-4-7-15(11-16)12-19/h1-8,11H,9-10,13H2. The Balaban J connectivity index is 2.21. The first-order valence-electron chi connectivity index (χ1n) is 6.64. The molecule has 0 unspecified atom stereocenters. The molecule has 0 aliphatic heterocycles. The zero-order valence-electron chi connectivity index (χ0n) is 11.5. The smallest absolute Gasteiger partial charge is 0.254 e. The first-order chi connectivity index (χ1) is 10.2. The largest absolute Gasteiger partial charge is 0.333 e. The van der Waals surface area contributed by atoms with Gasteiger partial charge in [-0.1, -0.05) is 52.3 Å². The van der Waals surface area contributed by atoms with Crippen LogP contribution in [0.5, 0.6) is 0 Å². The first kappa shape index (κ1) is 15.3. The van der Waals surface area contributed by atoms with Crippen LogP contribution in [0.1, 0.15) is 21.5 Å². The molecule has 2 aromatic carbocycles. The second-order valence-corrected chi connectivity index (χ2v) is 5.39. The lowest BCUT2D eigenvalue weighted by Gasteiger charge is -2.22. The van der Waals surface area contributed by atoms with Crippen LogP contribution in [-0.2, 0) is 6.54 Å². The maximum absolute atomic E-state index is 12.6. The molecule has 0 heterocycles. The monoisotopic (exact) mass is 342 g/mol. The lowest BCUT2D eigenvalue weighted by atomic mass is 10.1. The molecular weight excluding hydrogens is 328 g/mol. The summed E-state index contributed by atoms with van der Waals surface area (Å²) < 4.78 is 0. The SMILES string of the molecule is N#Cc1cccc(C(=O)N(CCBr)Cc2ccccc2)c1. The Labute approximate surface area is 132 Å². The van der Waals surface area contributed by atoms with E-state index in [4.69, 9.17) is 5.26 Å². The Kier molecular flexibility index (Phi) is 5.53. The van der Waals surface area contributed by atoms with Crippen LogP contribution in [0.15, 0.2) is 54.6 Å². The summed E-state index contributed by atoms with van der Waals surface area (Å²) in [5, 5.41) is 9.65. The van der Waals surface area contributed by atoms with Gasteiger partial charge >= 0.3 is 0 Å². The summed E-state index contributed by atoms with van der Waals surface area (Å²) in [6.07, 6.45) is 0. The van der Waals surface area contributed by atoms with Gasteiger partial charge in [-0.2, -0.15) is 5.26 Å². The van der Waals surface area contributed by atoms with Crippen molar-refractivity contribution in [2.45, 2.75) is 6.54 Å². The molecule has 0 aliphatic carbocycles. The Hall–Kier alpha value is -2.12. The van der Waals surface area contributed by atoms with Gasteiger partial charge in [0.25, 0.3) is 5.91 Å². The van der Waals surface area contributed by atoms with E-state index < -0.39 is 0 Å². The van der Waals surface area contributed by atoms with Gasteiger partial charge in [0.2, 0.25) is 0 Å². The van der Waals surface area contributed by atoms with Gasteiger partial charge in [0, 0.05) is 24.0 Å².